The second kappa shape index (κ2) is 10.7. The molecule has 28 heavy (non-hydrogen) atoms. The molecule has 0 aromatic carbocycles. The van der Waals surface area contributed by atoms with Crippen molar-refractivity contribution in [2.24, 2.45) is 5.92 Å². The summed E-state index contributed by atoms with van der Waals surface area (Å²) < 4.78 is 27.7. The first-order valence-corrected chi connectivity index (χ1v) is 11.8. The van der Waals surface area contributed by atoms with E-state index < -0.39 is 9.84 Å². The molecule has 0 atom stereocenters. The van der Waals surface area contributed by atoms with Gasteiger partial charge < -0.3 is 4.57 Å². The Hall–Kier alpha value is -1.73. The van der Waals surface area contributed by atoms with E-state index >= 15 is 0 Å². The van der Waals surface area contributed by atoms with Crippen molar-refractivity contribution in [3.05, 3.63) is 42.0 Å². The van der Waals surface area contributed by atoms with Crippen LogP contribution in [0.25, 0.3) is 0 Å². The highest BCUT2D eigenvalue weighted by Crippen LogP contribution is 2.18. The summed E-state index contributed by atoms with van der Waals surface area (Å²) in [7, 11) is -1.34. The molecule has 0 amide bonds. The predicted octanol–water partition coefficient (Wildman–Crippen LogP) is 3.92. The zero-order valence-corrected chi connectivity index (χ0v) is 18.5. The molecule has 0 N–H and O–H groups in total. The van der Waals surface area contributed by atoms with Gasteiger partial charge in [-0.2, -0.15) is 0 Å². The minimum absolute atomic E-state index is 0.166. The van der Waals surface area contributed by atoms with Crippen LogP contribution in [0.1, 0.15) is 57.7 Å². The number of aromatic nitrogens is 3. The zero-order valence-electron chi connectivity index (χ0n) is 17.6. The molecule has 2 heterocycles. The average Bonchev–Trinajstić information content (AvgIpc) is 3.03. The fourth-order valence-corrected chi connectivity index (χ4v) is 4.72. The monoisotopic (exact) mass is 406 g/mol. The molecule has 0 bridgehead atoms. The Labute approximate surface area is 169 Å². The fourth-order valence-electron chi connectivity index (χ4n) is 3.23. The highest BCUT2D eigenvalue weighted by atomic mass is 32.2. The molecular weight excluding hydrogens is 372 g/mol. The molecule has 7 heteroatoms. The third-order valence-electron chi connectivity index (χ3n) is 4.72. The van der Waals surface area contributed by atoms with Gasteiger partial charge in [0.05, 0.1) is 17.6 Å². The Morgan fingerprint density at radius 2 is 1.96 bits per heavy atom. The van der Waals surface area contributed by atoms with E-state index in [1.807, 2.05) is 29.9 Å². The lowest BCUT2D eigenvalue weighted by Gasteiger charge is -2.18. The van der Waals surface area contributed by atoms with Crippen LogP contribution in [-0.4, -0.2) is 40.7 Å². The van der Waals surface area contributed by atoms with Gasteiger partial charge >= 0.3 is 0 Å². The van der Waals surface area contributed by atoms with Crippen molar-refractivity contribution in [2.45, 2.75) is 71.2 Å². The van der Waals surface area contributed by atoms with Gasteiger partial charge in [0.25, 0.3) is 0 Å². The molecule has 0 aliphatic rings. The predicted molar refractivity (Wildman–Crippen MR) is 113 cm³/mol. The topological polar surface area (TPSA) is 68.1 Å². The first kappa shape index (κ1) is 22.6. The molecule has 2 aromatic rings. The van der Waals surface area contributed by atoms with Crippen molar-refractivity contribution in [1.82, 2.24) is 19.4 Å². The molecule has 0 radical (unpaired) electrons. The van der Waals surface area contributed by atoms with Crippen molar-refractivity contribution in [2.75, 3.05) is 12.8 Å². The number of hydrogen-bond donors (Lipinski definition) is 0. The van der Waals surface area contributed by atoms with Gasteiger partial charge in [-0.15, -0.1) is 0 Å². The van der Waals surface area contributed by atoms with Crippen LogP contribution in [0.3, 0.4) is 0 Å². The summed E-state index contributed by atoms with van der Waals surface area (Å²) in [4.78, 5) is 10.6. The van der Waals surface area contributed by atoms with E-state index in [0.717, 1.165) is 37.1 Å². The Kier molecular flexibility index (Phi) is 8.63. The number of imidazole rings is 1. The van der Waals surface area contributed by atoms with Crippen LogP contribution in [0, 0.1) is 5.92 Å². The Morgan fingerprint density at radius 1 is 1.18 bits per heavy atom. The van der Waals surface area contributed by atoms with Crippen molar-refractivity contribution in [1.29, 1.82) is 0 Å². The highest BCUT2D eigenvalue weighted by Gasteiger charge is 2.23. The maximum Gasteiger partial charge on any atom is 0.227 e. The molecule has 6 nitrogen and oxygen atoms in total. The third kappa shape index (κ3) is 6.71. The van der Waals surface area contributed by atoms with Crippen LogP contribution in [-0.2, 0) is 29.5 Å². The van der Waals surface area contributed by atoms with Gasteiger partial charge in [-0.3, -0.25) is 9.88 Å². The number of pyridine rings is 1. The van der Waals surface area contributed by atoms with Crippen LogP contribution in [0.5, 0.6) is 0 Å². The largest absolute Gasteiger partial charge is 0.318 e. The first-order valence-electron chi connectivity index (χ1n) is 10.2. The van der Waals surface area contributed by atoms with E-state index in [1.54, 1.807) is 12.4 Å². The standard InChI is InChI=1S/C21H34N4O2S/c1-5-6-12-25-20(17-24(4)16-19-10-7-11-22-14-19)15-23-21(25)28(26,27)13-8-9-18(2)3/h7,10-11,14-15,18H,5-6,8-9,12-13,16-17H2,1-4H3. The zero-order chi connectivity index (χ0) is 20.6. The number of rotatable bonds is 12. The number of sulfone groups is 1. The molecule has 0 saturated carbocycles. The smallest absolute Gasteiger partial charge is 0.227 e. The molecule has 0 unspecified atom stereocenters. The SMILES string of the molecule is CCCCn1c(CN(C)Cc2cccnc2)cnc1S(=O)(=O)CCCC(C)C. The van der Waals surface area contributed by atoms with Gasteiger partial charge in [0.2, 0.25) is 15.0 Å². The van der Waals surface area contributed by atoms with Crippen molar-refractivity contribution < 1.29 is 8.42 Å². The second-order valence-electron chi connectivity index (χ2n) is 7.93. The van der Waals surface area contributed by atoms with Crippen LogP contribution >= 0.6 is 0 Å². The van der Waals surface area contributed by atoms with Gasteiger partial charge in [0, 0.05) is 32.0 Å². The lowest BCUT2D eigenvalue weighted by atomic mass is 10.1. The van der Waals surface area contributed by atoms with Gasteiger partial charge in [-0.1, -0.05) is 33.3 Å². The van der Waals surface area contributed by atoms with E-state index in [-0.39, 0.29) is 10.9 Å². The molecule has 0 saturated heterocycles. The lowest BCUT2D eigenvalue weighted by molar-refractivity contribution is 0.306. The minimum Gasteiger partial charge on any atom is -0.318 e. The summed E-state index contributed by atoms with van der Waals surface area (Å²) in [6.45, 7) is 8.43. The van der Waals surface area contributed by atoms with Crippen molar-refractivity contribution >= 4 is 9.84 Å². The molecule has 0 aliphatic carbocycles. The maximum atomic E-state index is 12.9. The summed E-state index contributed by atoms with van der Waals surface area (Å²) in [6, 6.07) is 3.97. The van der Waals surface area contributed by atoms with E-state index in [1.165, 1.54) is 0 Å². The van der Waals surface area contributed by atoms with Crippen molar-refractivity contribution in [3.63, 3.8) is 0 Å². The second-order valence-corrected chi connectivity index (χ2v) is 9.93. The quantitative estimate of drug-likeness (QED) is 0.534. The van der Waals surface area contributed by atoms with Gasteiger partial charge in [0.1, 0.15) is 0 Å². The number of nitrogens with zero attached hydrogens (tertiary/aromatic N) is 4. The molecule has 0 spiro atoms. The van der Waals surface area contributed by atoms with E-state index in [9.17, 15) is 8.42 Å². The van der Waals surface area contributed by atoms with Crippen molar-refractivity contribution in [3.8, 4) is 0 Å². The van der Waals surface area contributed by atoms with Gasteiger partial charge in [0.15, 0.2) is 0 Å². The first-order chi connectivity index (χ1) is 13.3. The molecule has 2 aromatic heterocycles. The van der Waals surface area contributed by atoms with E-state index in [0.29, 0.717) is 25.4 Å². The van der Waals surface area contributed by atoms with Gasteiger partial charge in [-0.25, -0.2) is 13.4 Å². The summed E-state index contributed by atoms with van der Waals surface area (Å²) in [5, 5.41) is 0.231. The summed E-state index contributed by atoms with van der Waals surface area (Å²) in [5.74, 6) is 0.672. The number of unbranched alkanes of at least 4 members (excludes halogenated alkanes) is 1. The van der Waals surface area contributed by atoms with E-state index in [4.69, 9.17) is 0 Å². The van der Waals surface area contributed by atoms with E-state index in [2.05, 4.69) is 35.6 Å². The molecule has 2 rings (SSSR count). The molecule has 0 aliphatic heterocycles. The van der Waals surface area contributed by atoms with Crippen LogP contribution in [0.15, 0.2) is 35.9 Å². The Bertz CT molecular complexity index is 816. The third-order valence-corrected chi connectivity index (χ3v) is 6.43. The Morgan fingerprint density at radius 3 is 2.61 bits per heavy atom. The fraction of sp³-hybridized carbons (Fsp3) is 0.619. The van der Waals surface area contributed by atoms with Gasteiger partial charge in [-0.05, 0) is 43.9 Å². The van der Waals surface area contributed by atoms with Crippen LogP contribution < -0.4 is 0 Å². The summed E-state index contributed by atoms with van der Waals surface area (Å²) in [6.07, 6.45) is 8.88. The summed E-state index contributed by atoms with van der Waals surface area (Å²) in [5.41, 5.74) is 2.08. The summed E-state index contributed by atoms with van der Waals surface area (Å²) >= 11 is 0. The lowest BCUT2D eigenvalue weighted by Crippen LogP contribution is -2.21. The average molecular weight is 407 g/mol. The normalized spacial score (nSPS) is 12.2. The maximum absolute atomic E-state index is 12.9. The molecular formula is C21H34N4O2S. The molecule has 156 valence electrons. The Balaban J connectivity index is 2.15. The molecule has 0 fully saturated rings. The number of hydrogen-bond acceptors (Lipinski definition) is 5. The van der Waals surface area contributed by atoms with Crippen LogP contribution in [0.4, 0.5) is 0 Å². The minimum atomic E-state index is -3.37. The van der Waals surface area contributed by atoms with Crippen LogP contribution in [0.2, 0.25) is 0 Å². The highest BCUT2D eigenvalue weighted by molar-refractivity contribution is 7.91.